The first-order chi connectivity index (χ1) is 14.1. The molecular weight excluding hydrogens is 390 g/mol. The zero-order valence-corrected chi connectivity index (χ0v) is 17.9. The van der Waals surface area contributed by atoms with Gasteiger partial charge in [-0.05, 0) is 62.4 Å². The van der Waals surface area contributed by atoms with Crippen molar-refractivity contribution in [2.75, 3.05) is 5.32 Å². The molecule has 1 fully saturated rings. The number of hydrogen-bond donors (Lipinski definition) is 2. The van der Waals surface area contributed by atoms with Crippen molar-refractivity contribution in [1.82, 2.24) is 4.98 Å². The van der Waals surface area contributed by atoms with Gasteiger partial charge in [-0.3, -0.25) is 9.78 Å². The maximum absolute atomic E-state index is 14.2. The van der Waals surface area contributed by atoms with Crippen LogP contribution in [0.2, 0.25) is 0 Å². The summed E-state index contributed by atoms with van der Waals surface area (Å²) in [6, 6.07) is 5.94. The van der Waals surface area contributed by atoms with Gasteiger partial charge in [0.15, 0.2) is 11.6 Å². The Morgan fingerprint density at radius 1 is 1.30 bits per heavy atom. The Labute approximate surface area is 175 Å². The number of hydrogen-bond acceptors (Lipinski definition) is 4. The van der Waals surface area contributed by atoms with E-state index < -0.39 is 35.4 Å². The fraction of sp³-hybridized carbons (Fsp3) is 0.478. The fourth-order valence-electron chi connectivity index (χ4n) is 3.98. The van der Waals surface area contributed by atoms with E-state index in [1.807, 2.05) is 27.7 Å². The van der Waals surface area contributed by atoms with Gasteiger partial charge >= 0.3 is 0 Å². The van der Waals surface area contributed by atoms with Gasteiger partial charge in [-0.2, -0.15) is 0 Å². The van der Waals surface area contributed by atoms with Crippen LogP contribution in [0.15, 0.2) is 30.5 Å². The van der Waals surface area contributed by atoms with Gasteiger partial charge in [0.1, 0.15) is 6.10 Å². The summed E-state index contributed by atoms with van der Waals surface area (Å²) in [5.41, 5.74) is 1.11. The maximum atomic E-state index is 14.2. The van der Waals surface area contributed by atoms with Crippen LogP contribution >= 0.6 is 0 Å². The minimum atomic E-state index is -0.913. The normalized spacial score (nSPS) is 23.9. The van der Waals surface area contributed by atoms with Crippen molar-refractivity contribution >= 4 is 11.6 Å². The van der Waals surface area contributed by atoms with Crippen LogP contribution < -0.4 is 5.32 Å². The number of aromatic nitrogens is 1. The van der Waals surface area contributed by atoms with Gasteiger partial charge in [0.05, 0.1) is 29.3 Å². The second-order valence-corrected chi connectivity index (χ2v) is 8.42. The number of benzene rings is 1. The molecule has 7 heteroatoms. The van der Waals surface area contributed by atoms with Crippen LogP contribution in [0.5, 0.6) is 0 Å². The van der Waals surface area contributed by atoms with Crippen LogP contribution in [0.3, 0.4) is 0 Å². The molecule has 0 bridgehead atoms. The summed E-state index contributed by atoms with van der Waals surface area (Å²) in [4.78, 5) is 17.3. The van der Waals surface area contributed by atoms with Gasteiger partial charge in [0.25, 0.3) is 5.91 Å². The lowest BCUT2D eigenvalue weighted by molar-refractivity contribution is -0.131. The fourth-order valence-corrected chi connectivity index (χ4v) is 3.98. The molecule has 2 aromatic rings. The number of halogens is 2. The molecule has 0 aliphatic carbocycles. The summed E-state index contributed by atoms with van der Waals surface area (Å²) in [7, 11) is 0. The summed E-state index contributed by atoms with van der Waals surface area (Å²) in [6.07, 6.45) is 0.486. The lowest BCUT2D eigenvalue weighted by Gasteiger charge is -2.25. The molecule has 0 spiro atoms. The molecule has 0 radical (unpaired) electrons. The molecule has 1 aliphatic rings. The average Bonchev–Trinajstić information content (AvgIpc) is 2.96. The number of carbonyl (C=O) groups is 1. The van der Waals surface area contributed by atoms with Crippen LogP contribution in [0.25, 0.3) is 0 Å². The molecular formula is C23H28F2N2O3. The Morgan fingerprint density at radius 2 is 2.00 bits per heavy atom. The predicted octanol–water partition coefficient (Wildman–Crippen LogP) is 4.65. The summed E-state index contributed by atoms with van der Waals surface area (Å²) in [6.45, 7) is 9.08. The molecule has 1 aromatic carbocycles. The highest BCUT2D eigenvalue weighted by molar-refractivity contribution is 5.95. The van der Waals surface area contributed by atoms with Crippen molar-refractivity contribution in [3.63, 3.8) is 0 Å². The Hall–Kier alpha value is -2.38. The van der Waals surface area contributed by atoms with Crippen LogP contribution in [0.4, 0.5) is 14.5 Å². The third-order valence-corrected chi connectivity index (χ3v) is 6.17. The number of ether oxygens (including phenoxy) is 1. The molecule has 1 aromatic heterocycles. The SMILES string of the molecule is CC[C@H](O)c1ccc(NC(=O)[C@H]2OC(C)(C)[C@H](C)[C@@H]2c2ccc(F)c(F)c2C)cn1. The van der Waals surface area contributed by atoms with E-state index in [1.54, 1.807) is 12.1 Å². The van der Waals surface area contributed by atoms with E-state index in [4.69, 9.17) is 4.74 Å². The van der Waals surface area contributed by atoms with E-state index in [2.05, 4.69) is 10.3 Å². The van der Waals surface area contributed by atoms with Crippen molar-refractivity contribution in [1.29, 1.82) is 0 Å². The van der Waals surface area contributed by atoms with Gasteiger partial charge in [0, 0.05) is 5.92 Å². The minimum absolute atomic E-state index is 0.114. The zero-order valence-electron chi connectivity index (χ0n) is 17.9. The number of anilines is 1. The van der Waals surface area contributed by atoms with E-state index in [0.29, 0.717) is 23.4 Å². The highest BCUT2D eigenvalue weighted by atomic mass is 19.2. The molecule has 1 saturated heterocycles. The Balaban J connectivity index is 1.89. The second kappa shape index (κ2) is 8.40. The zero-order chi connectivity index (χ0) is 22.2. The molecule has 1 aliphatic heterocycles. The van der Waals surface area contributed by atoms with Gasteiger partial charge in [-0.15, -0.1) is 0 Å². The average molecular weight is 418 g/mol. The summed E-state index contributed by atoms with van der Waals surface area (Å²) in [5.74, 6) is -2.75. The third kappa shape index (κ3) is 4.09. The molecule has 3 rings (SSSR count). The number of pyridine rings is 1. The Bertz CT molecular complexity index is 931. The molecule has 5 nitrogen and oxygen atoms in total. The van der Waals surface area contributed by atoms with Crippen LogP contribution in [-0.4, -0.2) is 27.7 Å². The van der Waals surface area contributed by atoms with Gasteiger partial charge in [-0.25, -0.2) is 8.78 Å². The lowest BCUT2D eigenvalue weighted by Crippen LogP contribution is -2.33. The Kier molecular flexibility index (Phi) is 6.24. The standard InChI is InChI=1S/C23H28F2N2O3/c1-6-18(28)17-10-7-14(11-26-17)27-22(29)21-19(13(3)23(4,5)30-21)15-8-9-16(24)20(25)12(15)2/h7-11,13,18-19,21,28H,6H2,1-5H3,(H,27,29)/t13-,18+,19-,21+/m1/s1. The largest absolute Gasteiger partial charge is 0.387 e. The third-order valence-electron chi connectivity index (χ3n) is 6.17. The van der Waals surface area contributed by atoms with Crippen LogP contribution in [0.1, 0.15) is 63.0 Å². The van der Waals surface area contributed by atoms with E-state index in [1.165, 1.54) is 19.2 Å². The smallest absolute Gasteiger partial charge is 0.254 e. The molecule has 0 saturated carbocycles. The van der Waals surface area contributed by atoms with Gasteiger partial charge in [-0.1, -0.05) is 19.9 Å². The second-order valence-electron chi connectivity index (χ2n) is 8.42. The first kappa shape index (κ1) is 22.3. The van der Waals surface area contributed by atoms with E-state index in [0.717, 1.165) is 6.07 Å². The summed E-state index contributed by atoms with van der Waals surface area (Å²) >= 11 is 0. The summed E-state index contributed by atoms with van der Waals surface area (Å²) in [5, 5.41) is 12.7. The number of rotatable bonds is 5. The van der Waals surface area contributed by atoms with Crippen molar-refractivity contribution in [3.05, 3.63) is 58.9 Å². The van der Waals surface area contributed by atoms with Crippen molar-refractivity contribution < 1.29 is 23.4 Å². The summed E-state index contributed by atoms with van der Waals surface area (Å²) < 4.78 is 33.9. The number of aliphatic hydroxyl groups is 1. The van der Waals surface area contributed by atoms with Crippen molar-refractivity contribution in [3.8, 4) is 0 Å². The quantitative estimate of drug-likeness (QED) is 0.742. The van der Waals surface area contributed by atoms with E-state index in [-0.39, 0.29) is 17.4 Å². The highest BCUT2D eigenvalue weighted by Gasteiger charge is 2.51. The van der Waals surface area contributed by atoms with Gasteiger partial charge < -0.3 is 15.2 Å². The Morgan fingerprint density at radius 3 is 2.60 bits per heavy atom. The van der Waals surface area contributed by atoms with Crippen molar-refractivity contribution in [2.45, 2.75) is 64.8 Å². The number of nitrogens with one attached hydrogen (secondary N) is 1. The van der Waals surface area contributed by atoms with Gasteiger partial charge in [0.2, 0.25) is 0 Å². The van der Waals surface area contributed by atoms with E-state index >= 15 is 0 Å². The van der Waals surface area contributed by atoms with Crippen molar-refractivity contribution in [2.24, 2.45) is 5.92 Å². The molecule has 2 N–H and O–H groups in total. The minimum Gasteiger partial charge on any atom is -0.387 e. The first-order valence-electron chi connectivity index (χ1n) is 10.1. The molecule has 2 heterocycles. The lowest BCUT2D eigenvalue weighted by atomic mass is 9.77. The molecule has 4 atom stereocenters. The topological polar surface area (TPSA) is 71.5 Å². The molecule has 0 unspecified atom stereocenters. The first-order valence-corrected chi connectivity index (χ1v) is 10.1. The van der Waals surface area contributed by atoms with Crippen LogP contribution in [0, 0.1) is 24.5 Å². The molecule has 1 amide bonds. The van der Waals surface area contributed by atoms with Crippen LogP contribution in [-0.2, 0) is 9.53 Å². The number of carbonyl (C=O) groups excluding carboxylic acids is 1. The maximum Gasteiger partial charge on any atom is 0.254 e. The highest BCUT2D eigenvalue weighted by Crippen LogP contribution is 2.47. The van der Waals surface area contributed by atoms with E-state index in [9.17, 15) is 18.7 Å². The molecule has 162 valence electrons. The number of aliphatic hydroxyl groups excluding tert-OH is 1. The number of amides is 1. The molecule has 30 heavy (non-hydrogen) atoms. The number of nitrogens with zero attached hydrogens (tertiary/aromatic N) is 1. The predicted molar refractivity (Wildman–Crippen MR) is 110 cm³/mol. The monoisotopic (exact) mass is 418 g/mol.